The fraction of sp³-hybridized carbons (Fsp3) is 0.176. The maximum Gasteiger partial charge on any atom is 0.316 e. The Morgan fingerprint density at radius 2 is 1.96 bits per heavy atom. The van der Waals surface area contributed by atoms with Crippen molar-refractivity contribution in [1.82, 2.24) is 0 Å². The van der Waals surface area contributed by atoms with E-state index in [1.165, 1.54) is 11.8 Å². The van der Waals surface area contributed by atoms with Crippen molar-refractivity contribution in [2.45, 2.75) is 11.8 Å². The number of benzene rings is 2. The first-order valence-corrected chi connectivity index (χ1v) is 8.30. The standard InChI is InChI=1S/C17H16ClNO3S/c1-12-5-2-3-8-15(12)23-11-17(21)22-10-16(20)19-14-7-4-6-13(18)9-14/h2-9H,10-11H2,1H3,(H,19,20). The lowest BCUT2D eigenvalue weighted by atomic mass is 10.2. The molecule has 0 unspecified atom stereocenters. The summed E-state index contributed by atoms with van der Waals surface area (Å²) in [5, 5.41) is 3.14. The molecule has 0 atom stereocenters. The second-order valence-electron chi connectivity index (χ2n) is 4.77. The molecule has 0 heterocycles. The number of ether oxygens (including phenoxy) is 1. The zero-order valence-corrected chi connectivity index (χ0v) is 14.1. The van der Waals surface area contributed by atoms with Crippen LogP contribution in [-0.2, 0) is 14.3 Å². The molecule has 0 aromatic heterocycles. The predicted octanol–water partition coefficient (Wildman–Crippen LogP) is 3.92. The zero-order chi connectivity index (χ0) is 16.7. The SMILES string of the molecule is Cc1ccccc1SCC(=O)OCC(=O)Nc1cccc(Cl)c1. The van der Waals surface area contributed by atoms with Crippen LogP contribution in [0.5, 0.6) is 0 Å². The quantitative estimate of drug-likeness (QED) is 0.634. The molecule has 0 spiro atoms. The van der Waals surface area contributed by atoms with Gasteiger partial charge in [-0.05, 0) is 36.8 Å². The molecule has 0 radical (unpaired) electrons. The second kappa shape index (κ2) is 8.60. The van der Waals surface area contributed by atoms with Crippen molar-refractivity contribution >= 4 is 40.9 Å². The van der Waals surface area contributed by atoms with E-state index in [-0.39, 0.29) is 12.4 Å². The molecule has 120 valence electrons. The Kier molecular flexibility index (Phi) is 6.50. The topological polar surface area (TPSA) is 55.4 Å². The summed E-state index contributed by atoms with van der Waals surface area (Å²) in [6, 6.07) is 14.5. The molecule has 6 heteroatoms. The Bertz CT molecular complexity index is 706. The Hall–Kier alpha value is -1.98. The van der Waals surface area contributed by atoms with Gasteiger partial charge in [-0.1, -0.05) is 35.9 Å². The molecule has 0 aliphatic rings. The van der Waals surface area contributed by atoms with Crippen LogP contribution in [0.1, 0.15) is 5.56 Å². The van der Waals surface area contributed by atoms with Crippen molar-refractivity contribution < 1.29 is 14.3 Å². The van der Waals surface area contributed by atoms with Gasteiger partial charge < -0.3 is 10.1 Å². The molecule has 2 aromatic rings. The number of rotatable bonds is 6. The molecule has 0 aliphatic heterocycles. The van der Waals surface area contributed by atoms with E-state index < -0.39 is 11.9 Å². The lowest BCUT2D eigenvalue weighted by Crippen LogP contribution is -2.21. The molecule has 0 aliphatic carbocycles. The van der Waals surface area contributed by atoms with E-state index in [0.29, 0.717) is 10.7 Å². The molecule has 4 nitrogen and oxygen atoms in total. The van der Waals surface area contributed by atoms with Gasteiger partial charge in [-0.25, -0.2) is 0 Å². The van der Waals surface area contributed by atoms with Crippen LogP contribution in [0.4, 0.5) is 5.69 Å². The molecule has 0 bridgehead atoms. The number of anilines is 1. The smallest absolute Gasteiger partial charge is 0.316 e. The van der Waals surface area contributed by atoms with E-state index in [9.17, 15) is 9.59 Å². The number of carbonyl (C=O) groups is 2. The Morgan fingerprint density at radius 3 is 2.70 bits per heavy atom. The summed E-state index contributed by atoms with van der Waals surface area (Å²) in [7, 11) is 0. The van der Waals surface area contributed by atoms with Crippen LogP contribution in [-0.4, -0.2) is 24.2 Å². The number of amides is 1. The van der Waals surface area contributed by atoms with E-state index >= 15 is 0 Å². The average molecular weight is 350 g/mol. The summed E-state index contributed by atoms with van der Waals surface area (Å²) >= 11 is 7.22. The number of thioether (sulfide) groups is 1. The van der Waals surface area contributed by atoms with Crippen molar-refractivity contribution in [1.29, 1.82) is 0 Å². The first-order valence-electron chi connectivity index (χ1n) is 6.94. The molecule has 1 amide bonds. The summed E-state index contributed by atoms with van der Waals surface area (Å²) in [6.07, 6.45) is 0. The predicted molar refractivity (Wildman–Crippen MR) is 92.9 cm³/mol. The van der Waals surface area contributed by atoms with E-state index in [1.54, 1.807) is 24.3 Å². The number of hydrogen-bond donors (Lipinski definition) is 1. The largest absolute Gasteiger partial charge is 0.455 e. The molecule has 0 saturated carbocycles. The third-order valence-electron chi connectivity index (χ3n) is 2.91. The van der Waals surface area contributed by atoms with Crippen molar-refractivity contribution in [3.63, 3.8) is 0 Å². The van der Waals surface area contributed by atoms with Crippen LogP contribution in [0.3, 0.4) is 0 Å². The zero-order valence-electron chi connectivity index (χ0n) is 12.5. The Morgan fingerprint density at radius 1 is 1.17 bits per heavy atom. The molecule has 0 saturated heterocycles. The molecule has 2 rings (SSSR count). The molecule has 2 aromatic carbocycles. The van der Waals surface area contributed by atoms with Gasteiger partial charge in [-0.3, -0.25) is 9.59 Å². The minimum absolute atomic E-state index is 0.162. The lowest BCUT2D eigenvalue weighted by molar-refractivity contribution is -0.144. The van der Waals surface area contributed by atoms with Crippen LogP contribution >= 0.6 is 23.4 Å². The highest BCUT2D eigenvalue weighted by Crippen LogP contribution is 2.21. The minimum Gasteiger partial charge on any atom is -0.455 e. The number of carbonyl (C=O) groups excluding carboxylic acids is 2. The summed E-state index contributed by atoms with van der Waals surface area (Å²) in [4.78, 5) is 24.4. The van der Waals surface area contributed by atoms with Crippen molar-refractivity contribution in [3.05, 3.63) is 59.1 Å². The van der Waals surface area contributed by atoms with Gasteiger partial charge >= 0.3 is 5.97 Å². The maximum atomic E-state index is 11.7. The summed E-state index contributed by atoms with van der Waals surface area (Å²) in [5.74, 6) is -0.670. The van der Waals surface area contributed by atoms with Crippen LogP contribution in [0.25, 0.3) is 0 Å². The third kappa shape index (κ3) is 5.96. The molecule has 1 N–H and O–H groups in total. The fourth-order valence-electron chi connectivity index (χ4n) is 1.81. The molecule has 0 fully saturated rings. The number of hydrogen-bond acceptors (Lipinski definition) is 4. The van der Waals surface area contributed by atoms with Gasteiger partial charge in [-0.15, -0.1) is 11.8 Å². The van der Waals surface area contributed by atoms with Gasteiger partial charge in [0.05, 0.1) is 5.75 Å². The van der Waals surface area contributed by atoms with Gasteiger partial charge in [0, 0.05) is 15.6 Å². The van der Waals surface area contributed by atoms with Crippen LogP contribution in [0.15, 0.2) is 53.4 Å². The van der Waals surface area contributed by atoms with E-state index in [2.05, 4.69) is 5.32 Å². The van der Waals surface area contributed by atoms with E-state index in [4.69, 9.17) is 16.3 Å². The van der Waals surface area contributed by atoms with Crippen molar-refractivity contribution in [3.8, 4) is 0 Å². The number of aryl methyl sites for hydroxylation is 1. The summed E-state index contributed by atoms with van der Waals surface area (Å²) < 4.78 is 4.96. The lowest BCUT2D eigenvalue weighted by Gasteiger charge is -2.07. The number of nitrogens with one attached hydrogen (secondary N) is 1. The van der Waals surface area contributed by atoms with Crippen LogP contribution in [0.2, 0.25) is 5.02 Å². The van der Waals surface area contributed by atoms with Crippen molar-refractivity contribution in [2.75, 3.05) is 17.7 Å². The molecular weight excluding hydrogens is 334 g/mol. The van der Waals surface area contributed by atoms with Gasteiger partial charge in [0.25, 0.3) is 5.91 Å². The second-order valence-corrected chi connectivity index (χ2v) is 6.23. The highest BCUT2D eigenvalue weighted by molar-refractivity contribution is 8.00. The summed E-state index contributed by atoms with van der Waals surface area (Å²) in [6.45, 7) is 1.66. The first kappa shape index (κ1) is 17.4. The normalized spacial score (nSPS) is 10.2. The Balaban J connectivity index is 1.74. The highest BCUT2D eigenvalue weighted by atomic mass is 35.5. The van der Waals surface area contributed by atoms with Gasteiger partial charge in [0.1, 0.15) is 0 Å². The first-order chi connectivity index (χ1) is 11.0. The Labute approximate surface area is 144 Å². The molecular formula is C17H16ClNO3S. The van der Waals surface area contributed by atoms with Crippen molar-refractivity contribution in [2.24, 2.45) is 0 Å². The maximum absolute atomic E-state index is 11.7. The van der Waals surface area contributed by atoms with Crippen LogP contribution in [0, 0.1) is 6.92 Å². The van der Waals surface area contributed by atoms with Gasteiger partial charge in [0.15, 0.2) is 6.61 Å². The van der Waals surface area contributed by atoms with E-state index in [0.717, 1.165) is 10.5 Å². The minimum atomic E-state index is -0.431. The molecule has 23 heavy (non-hydrogen) atoms. The summed E-state index contributed by atoms with van der Waals surface area (Å²) in [5.41, 5.74) is 1.66. The average Bonchev–Trinajstić information content (AvgIpc) is 2.52. The third-order valence-corrected chi connectivity index (χ3v) is 4.30. The van der Waals surface area contributed by atoms with Gasteiger partial charge in [-0.2, -0.15) is 0 Å². The number of halogens is 1. The fourth-order valence-corrected chi connectivity index (χ4v) is 2.82. The highest BCUT2D eigenvalue weighted by Gasteiger charge is 2.09. The van der Waals surface area contributed by atoms with Gasteiger partial charge in [0.2, 0.25) is 0 Å². The monoisotopic (exact) mass is 349 g/mol. The number of esters is 1. The van der Waals surface area contributed by atoms with Crippen LogP contribution < -0.4 is 5.32 Å². The van der Waals surface area contributed by atoms with E-state index in [1.807, 2.05) is 31.2 Å².